The zero-order valence-electron chi connectivity index (χ0n) is 16.1. The number of carbonyl (C=O) groups is 2. The molecule has 6 nitrogen and oxygen atoms in total. The molecule has 0 saturated carbocycles. The molecule has 0 heterocycles. The largest absolute Gasteiger partial charge is 0.478 e. The van der Waals surface area contributed by atoms with Crippen molar-refractivity contribution in [2.45, 2.75) is 19.4 Å². The first-order valence-electron chi connectivity index (χ1n) is 9.31. The van der Waals surface area contributed by atoms with Crippen LogP contribution in [0.25, 0.3) is 0 Å². The van der Waals surface area contributed by atoms with E-state index < -0.39 is 11.9 Å². The minimum atomic E-state index is -1.29. The van der Waals surface area contributed by atoms with E-state index in [1.807, 2.05) is 42.5 Å². The fourth-order valence-electron chi connectivity index (χ4n) is 3.11. The van der Waals surface area contributed by atoms with E-state index in [2.05, 4.69) is 5.32 Å². The van der Waals surface area contributed by atoms with Gasteiger partial charge in [0.25, 0.3) is 0 Å². The number of anilines is 2. The number of aromatic carboxylic acids is 2. The summed E-state index contributed by atoms with van der Waals surface area (Å²) in [6.07, 6.45) is 1.69. The van der Waals surface area contributed by atoms with Crippen LogP contribution in [0.2, 0.25) is 5.02 Å². The van der Waals surface area contributed by atoms with Crippen LogP contribution in [0, 0.1) is 0 Å². The summed E-state index contributed by atoms with van der Waals surface area (Å²) in [5.74, 6) is -2.56. The molecule has 0 bridgehead atoms. The molecule has 0 aliphatic carbocycles. The number of hydrogen-bond acceptors (Lipinski definition) is 4. The van der Waals surface area contributed by atoms with Crippen molar-refractivity contribution in [3.8, 4) is 0 Å². The Morgan fingerprint density at radius 3 is 2.00 bits per heavy atom. The quantitative estimate of drug-likeness (QED) is 0.416. The van der Waals surface area contributed by atoms with Gasteiger partial charge in [-0.1, -0.05) is 35.9 Å². The second-order valence-electron chi connectivity index (χ2n) is 6.82. The average Bonchev–Trinajstić information content (AvgIpc) is 2.73. The van der Waals surface area contributed by atoms with E-state index in [9.17, 15) is 14.7 Å². The van der Waals surface area contributed by atoms with Gasteiger partial charge in [0.1, 0.15) is 0 Å². The predicted molar refractivity (Wildman–Crippen MR) is 117 cm³/mol. The van der Waals surface area contributed by atoms with E-state index in [0.717, 1.165) is 35.2 Å². The van der Waals surface area contributed by atoms with Crippen molar-refractivity contribution in [1.29, 1.82) is 0 Å². The first kappa shape index (κ1) is 21.4. The summed E-state index contributed by atoms with van der Waals surface area (Å²) in [6, 6.07) is 17.8. The van der Waals surface area contributed by atoms with Crippen LogP contribution < -0.4 is 11.1 Å². The van der Waals surface area contributed by atoms with Gasteiger partial charge in [-0.15, -0.1) is 0 Å². The Labute approximate surface area is 178 Å². The lowest BCUT2D eigenvalue weighted by Crippen LogP contribution is -2.08. The summed E-state index contributed by atoms with van der Waals surface area (Å²) >= 11 is 6.21. The van der Waals surface area contributed by atoms with Crippen molar-refractivity contribution in [2.24, 2.45) is 5.73 Å². The molecule has 30 heavy (non-hydrogen) atoms. The number of carboxylic acids is 2. The Balaban J connectivity index is 1.66. The number of hydrogen-bond donors (Lipinski definition) is 4. The van der Waals surface area contributed by atoms with Crippen LogP contribution in [0.4, 0.5) is 11.4 Å². The van der Waals surface area contributed by atoms with E-state index in [1.54, 1.807) is 6.07 Å². The minimum absolute atomic E-state index is 0.247. The lowest BCUT2D eigenvalue weighted by molar-refractivity contribution is 0.0651. The van der Waals surface area contributed by atoms with Gasteiger partial charge in [0.2, 0.25) is 0 Å². The van der Waals surface area contributed by atoms with Crippen LogP contribution in [0.15, 0.2) is 60.7 Å². The molecule has 0 unspecified atom stereocenters. The Kier molecular flexibility index (Phi) is 6.72. The molecule has 0 radical (unpaired) electrons. The SMILES string of the molecule is NCc1ccc(CCc2ccc(Nc3ccc(C(=O)O)c(C(=O)O)c3)cc2)cc1Cl. The summed E-state index contributed by atoms with van der Waals surface area (Å²) in [6.45, 7) is 0.417. The smallest absolute Gasteiger partial charge is 0.336 e. The van der Waals surface area contributed by atoms with Gasteiger partial charge in [0, 0.05) is 22.9 Å². The van der Waals surface area contributed by atoms with Crippen LogP contribution in [0.5, 0.6) is 0 Å². The Morgan fingerprint density at radius 2 is 1.40 bits per heavy atom. The molecule has 3 aromatic rings. The summed E-state index contributed by atoms with van der Waals surface area (Å²) in [5.41, 5.74) is 9.61. The molecule has 5 N–H and O–H groups in total. The third-order valence-electron chi connectivity index (χ3n) is 4.76. The zero-order valence-corrected chi connectivity index (χ0v) is 16.8. The highest BCUT2D eigenvalue weighted by molar-refractivity contribution is 6.31. The van der Waals surface area contributed by atoms with Gasteiger partial charge >= 0.3 is 11.9 Å². The van der Waals surface area contributed by atoms with Crippen molar-refractivity contribution in [2.75, 3.05) is 5.32 Å². The number of rotatable bonds is 8. The Morgan fingerprint density at radius 1 is 0.800 bits per heavy atom. The maximum atomic E-state index is 11.3. The fourth-order valence-corrected chi connectivity index (χ4v) is 3.39. The second kappa shape index (κ2) is 9.43. The first-order chi connectivity index (χ1) is 14.4. The summed E-state index contributed by atoms with van der Waals surface area (Å²) in [5, 5.41) is 22.1. The van der Waals surface area contributed by atoms with E-state index in [-0.39, 0.29) is 11.1 Å². The topological polar surface area (TPSA) is 113 Å². The van der Waals surface area contributed by atoms with Gasteiger partial charge in [0.05, 0.1) is 11.1 Å². The third-order valence-corrected chi connectivity index (χ3v) is 5.11. The van der Waals surface area contributed by atoms with Gasteiger partial charge < -0.3 is 21.3 Å². The highest BCUT2D eigenvalue weighted by Gasteiger charge is 2.16. The monoisotopic (exact) mass is 424 g/mol. The van der Waals surface area contributed by atoms with E-state index in [1.165, 1.54) is 12.1 Å². The van der Waals surface area contributed by atoms with Gasteiger partial charge in [-0.2, -0.15) is 0 Å². The van der Waals surface area contributed by atoms with E-state index in [4.69, 9.17) is 22.4 Å². The number of nitrogens with two attached hydrogens (primary N) is 1. The first-order valence-corrected chi connectivity index (χ1v) is 9.69. The average molecular weight is 425 g/mol. The Bertz CT molecular complexity index is 1080. The summed E-state index contributed by atoms with van der Waals surface area (Å²) in [4.78, 5) is 22.5. The molecule has 0 aromatic heterocycles. The van der Waals surface area contributed by atoms with Crippen LogP contribution in [-0.2, 0) is 19.4 Å². The number of carboxylic acid groups (broad SMARTS) is 2. The molecular formula is C23H21ClN2O4. The van der Waals surface area contributed by atoms with Gasteiger partial charge in [0.15, 0.2) is 0 Å². The van der Waals surface area contributed by atoms with Crippen molar-refractivity contribution in [3.63, 3.8) is 0 Å². The summed E-state index contributed by atoms with van der Waals surface area (Å²) in [7, 11) is 0. The molecular weight excluding hydrogens is 404 g/mol. The van der Waals surface area contributed by atoms with Crippen molar-refractivity contribution in [3.05, 3.63) is 93.5 Å². The van der Waals surface area contributed by atoms with Crippen LogP contribution in [0.1, 0.15) is 37.4 Å². The maximum absolute atomic E-state index is 11.3. The normalized spacial score (nSPS) is 10.6. The standard InChI is InChI=1S/C23H21ClN2O4/c24-21-11-15(3-6-16(21)13-25)2-1-14-4-7-17(8-5-14)26-18-9-10-19(22(27)28)20(12-18)23(29)30/h3-12,26H,1-2,13,25H2,(H,27,28)(H,29,30). The number of halogens is 1. The van der Waals surface area contributed by atoms with Crippen molar-refractivity contribution in [1.82, 2.24) is 0 Å². The molecule has 7 heteroatoms. The predicted octanol–water partition coefficient (Wildman–Crippen LogP) is 4.72. The van der Waals surface area contributed by atoms with Gasteiger partial charge in [-0.25, -0.2) is 9.59 Å². The fraction of sp³-hybridized carbons (Fsp3) is 0.130. The van der Waals surface area contributed by atoms with Crippen LogP contribution in [0.3, 0.4) is 0 Å². The molecule has 3 aromatic carbocycles. The van der Waals surface area contributed by atoms with Gasteiger partial charge in [-0.3, -0.25) is 0 Å². The van der Waals surface area contributed by atoms with Gasteiger partial charge in [-0.05, 0) is 65.9 Å². The molecule has 154 valence electrons. The second-order valence-corrected chi connectivity index (χ2v) is 7.23. The molecule has 0 fully saturated rings. The minimum Gasteiger partial charge on any atom is -0.478 e. The number of benzene rings is 3. The van der Waals surface area contributed by atoms with Crippen molar-refractivity contribution >= 4 is 34.9 Å². The van der Waals surface area contributed by atoms with E-state index in [0.29, 0.717) is 17.3 Å². The Hall–Kier alpha value is -3.35. The molecule has 3 rings (SSSR count). The number of nitrogens with one attached hydrogen (secondary N) is 1. The van der Waals surface area contributed by atoms with E-state index >= 15 is 0 Å². The molecule has 0 aliphatic rings. The molecule has 0 aliphatic heterocycles. The van der Waals surface area contributed by atoms with Crippen molar-refractivity contribution < 1.29 is 19.8 Å². The number of aryl methyl sites for hydroxylation is 2. The highest BCUT2D eigenvalue weighted by Crippen LogP contribution is 2.22. The molecule has 0 spiro atoms. The van der Waals surface area contributed by atoms with Crippen LogP contribution >= 0.6 is 11.6 Å². The molecule has 0 atom stereocenters. The maximum Gasteiger partial charge on any atom is 0.336 e. The lowest BCUT2D eigenvalue weighted by Gasteiger charge is -2.10. The lowest BCUT2D eigenvalue weighted by atomic mass is 10.0. The van der Waals surface area contributed by atoms with Crippen LogP contribution in [-0.4, -0.2) is 22.2 Å². The molecule has 0 amide bonds. The third kappa shape index (κ3) is 5.17. The highest BCUT2D eigenvalue weighted by atomic mass is 35.5. The summed E-state index contributed by atoms with van der Waals surface area (Å²) < 4.78 is 0. The zero-order chi connectivity index (χ0) is 21.7. The molecule has 0 saturated heterocycles.